The third kappa shape index (κ3) is 8.27. The summed E-state index contributed by atoms with van der Waals surface area (Å²) in [5.41, 5.74) is 4.15. The van der Waals surface area contributed by atoms with Crippen molar-refractivity contribution in [2.75, 3.05) is 18.6 Å². The van der Waals surface area contributed by atoms with Crippen molar-refractivity contribution in [2.45, 2.75) is 55.9 Å². The van der Waals surface area contributed by atoms with Crippen molar-refractivity contribution < 1.29 is 28.9 Å². The molecule has 6 rings (SSSR count). The normalized spacial score (nSPS) is 15.3. The number of carbonyl (C=O) groups excluding carboxylic acids is 2. The Hall–Kier alpha value is -5.13. The Balaban J connectivity index is 1.33. The lowest BCUT2D eigenvalue weighted by Gasteiger charge is -2.23. The van der Waals surface area contributed by atoms with Crippen molar-refractivity contribution in [3.8, 4) is 17.2 Å². The van der Waals surface area contributed by atoms with E-state index in [4.69, 9.17) is 14.2 Å². The van der Waals surface area contributed by atoms with E-state index in [-0.39, 0.29) is 16.5 Å². The summed E-state index contributed by atoms with van der Waals surface area (Å²) in [5, 5.41) is 20.7. The second kappa shape index (κ2) is 16.7. The molecule has 1 aliphatic heterocycles. The first-order valence-corrected chi connectivity index (χ1v) is 18.6. The van der Waals surface area contributed by atoms with E-state index in [2.05, 4.69) is 17.1 Å². The monoisotopic (exact) mass is 721 g/mol. The molecule has 51 heavy (non-hydrogen) atoms. The van der Waals surface area contributed by atoms with E-state index in [9.17, 15) is 14.7 Å². The summed E-state index contributed by atoms with van der Waals surface area (Å²) < 4.78 is 18.3. The molecule has 0 aliphatic carbocycles. The van der Waals surface area contributed by atoms with Crippen LogP contribution in [0.2, 0.25) is 0 Å². The number of nitrogens with zero attached hydrogens (tertiary/aromatic N) is 3. The molecule has 2 heterocycles. The molecular formula is C40H39N3O6S2. The van der Waals surface area contributed by atoms with Gasteiger partial charge in [0.2, 0.25) is 5.13 Å². The molecule has 1 atom stereocenters. The van der Waals surface area contributed by atoms with Gasteiger partial charge < -0.3 is 19.3 Å². The van der Waals surface area contributed by atoms with E-state index in [1.165, 1.54) is 28.0 Å². The summed E-state index contributed by atoms with van der Waals surface area (Å²) in [5.74, 6) is 0.305. The number of methoxy groups -OCH3 is 1. The van der Waals surface area contributed by atoms with Gasteiger partial charge in [0.1, 0.15) is 18.1 Å². The maximum absolute atomic E-state index is 13.8. The van der Waals surface area contributed by atoms with Crippen LogP contribution in [0.1, 0.15) is 60.0 Å². The fourth-order valence-electron chi connectivity index (χ4n) is 5.73. The zero-order valence-corrected chi connectivity index (χ0v) is 30.3. The highest BCUT2D eigenvalue weighted by molar-refractivity contribution is 8.00. The first-order valence-electron chi connectivity index (χ1n) is 16.8. The minimum absolute atomic E-state index is 0.0686. The van der Waals surface area contributed by atoms with Crippen molar-refractivity contribution in [3.63, 3.8) is 0 Å². The number of aryl methyl sites for hydroxylation is 1. The average molecular weight is 722 g/mol. The number of anilines is 1. The fraction of sp³-hybridized carbons (Fsp3) is 0.250. The van der Waals surface area contributed by atoms with E-state index >= 15 is 0 Å². The predicted octanol–water partition coefficient (Wildman–Crippen LogP) is 8.92. The Labute approximate surface area is 305 Å². The zero-order valence-electron chi connectivity index (χ0n) is 28.7. The van der Waals surface area contributed by atoms with Gasteiger partial charge in [-0.1, -0.05) is 104 Å². The lowest BCUT2D eigenvalue weighted by atomic mass is 9.95. The quantitative estimate of drug-likeness (QED) is 0.0283. The molecule has 0 saturated carbocycles. The van der Waals surface area contributed by atoms with Gasteiger partial charge in [0.05, 0.1) is 25.3 Å². The summed E-state index contributed by atoms with van der Waals surface area (Å²) in [7, 11) is 1.54. The number of rotatable bonds is 15. The molecule has 262 valence electrons. The number of aliphatic hydroxyl groups excluding tert-OH is 1. The zero-order chi connectivity index (χ0) is 35.7. The van der Waals surface area contributed by atoms with Crippen LogP contribution in [0.15, 0.2) is 107 Å². The number of hydrogen-bond donors (Lipinski definition) is 1. The van der Waals surface area contributed by atoms with E-state index < -0.39 is 17.7 Å². The Morgan fingerprint density at radius 3 is 2.41 bits per heavy atom. The van der Waals surface area contributed by atoms with Gasteiger partial charge in [0.15, 0.2) is 15.8 Å². The summed E-state index contributed by atoms with van der Waals surface area (Å²) in [6, 6.07) is 29.0. The molecule has 9 nitrogen and oxygen atoms in total. The van der Waals surface area contributed by atoms with Crippen LogP contribution in [0.4, 0.5) is 5.13 Å². The van der Waals surface area contributed by atoms with Crippen LogP contribution in [0, 0.1) is 6.92 Å². The number of aliphatic hydroxyl groups is 1. The van der Waals surface area contributed by atoms with Crippen LogP contribution in [0.5, 0.6) is 17.2 Å². The number of ketones is 1. The maximum atomic E-state index is 13.8. The number of Topliss-reactive ketones (excluding diaryl/α,β-unsaturated/α-hetero) is 1. The van der Waals surface area contributed by atoms with E-state index in [1.807, 2.05) is 61.5 Å². The third-order valence-corrected chi connectivity index (χ3v) is 10.7. The van der Waals surface area contributed by atoms with E-state index in [0.29, 0.717) is 51.7 Å². The largest absolute Gasteiger partial charge is 0.507 e. The molecule has 1 aliphatic rings. The number of thioether (sulfide) groups is 1. The van der Waals surface area contributed by atoms with Crippen molar-refractivity contribution in [1.82, 2.24) is 10.2 Å². The molecule has 11 heteroatoms. The van der Waals surface area contributed by atoms with Crippen molar-refractivity contribution in [1.29, 1.82) is 0 Å². The number of unbranched alkanes of at least 4 members (excludes halogenated alkanes) is 2. The third-order valence-electron chi connectivity index (χ3n) is 8.54. The van der Waals surface area contributed by atoms with E-state index in [1.54, 1.807) is 49.6 Å². The first-order chi connectivity index (χ1) is 24.9. The molecule has 5 aromatic rings. The Bertz CT molecular complexity index is 2010. The van der Waals surface area contributed by atoms with Crippen LogP contribution in [0.3, 0.4) is 0 Å². The highest BCUT2D eigenvalue weighted by atomic mass is 32.2. The second-order valence-corrected chi connectivity index (χ2v) is 14.2. The molecule has 1 unspecified atom stereocenters. The maximum Gasteiger partial charge on any atom is 0.301 e. The lowest BCUT2D eigenvalue weighted by Crippen LogP contribution is -2.29. The highest BCUT2D eigenvalue weighted by Gasteiger charge is 2.48. The molecular weight excluding hydrogens is 683 g/mol. The minimum atomic E-state index is -1.01. The minimum Gasteiger partial charge on any atom is -0.507 e. The second-order valence-electron chi connectivity index (χ2n) is 12.0. The van der Waals surface area contributed by atoms with Gasteiger partial charge in [0, 0.05) is 11.3 Å². The molecule has 1 saturated heterocycles. The molecule has 1 amide bonds. The van der Waals surface area contributed by atoms with Gasteiger partial charge in [-0.15, -0.1) is 10.2 Å². The van der Waals surface area contributed by atoms with Gasteiger partial charge in [-0.3, -0.25) is 14.5 Å². The molecule has 1 aromatic heterocycles. The molecule has 1 N–H and O–H groups in total. The lowest BCUT2D eigenvalue weighted by molar-refractivity contribution is -0.132. The van der Waals surface area contributed by atoms with Crippen molar-refractivity contribution in [2.24, 2.45) is 0 Å². The summed E-state index contributed by atoms with van der Waals surface area (Å²) in [4.78, 5) is 29.0. The summed E-state index contributed by atoms with van der Waals surface area (Å²) >= 11 is 2.71. The smallest absolute Gasteiger partial charge is 0.301 e. The number of carbonyl (C=O) groups is 2. The van der Waals surface area contributed by atoms with Crippen LogP contribution in [-0.4, -0.2) is 40.7 Å². The van der Waals surface area contributed by atoms with Crippen molar-refractivity contribution in [3.05, 3.63) is 130 Å². The topological polar surface area (TPSA) is 111 Å². The van der Waals surface area contributed by atoms with Gasteiger partial charge in [-0.25, -0.2) is 0 Å². The van der Waals surface area contributed by atoms with E-state index in [0.717, 1.165) is 36.0 Å². The number of amides is 1. The number of hydrogen-bond acceptors (Lipinski definition) is 10. The number of aromatic nitrogens is 2. The van der Waals surface area contributed by atoms with Crippen LogP contribution < -0.4 is 19.1 Å². The Kier molecular flexibility index (Phi) is 11.7. The van der Waals surface area contributed by atoms with Crippen LogP contribution in [-0.2, 0) is 21.9 Å². The first kappa shape index (κ1) is 35.7. The van der Waals surface area contributed by atoms with Crippen LogP contribution in [0.25, 0.3) is 5.76 Å². The van der Waals surface area contributed by atoms with Gasteiger partial charge >= 0.3 is 5.91 Å². The SMILES string of the molecule is CCCCCOc1ccc(C2C(=C(O)c3ccc(OCc4ccccc4C)cc3)C(=O)C(=O)N2c2nnc(SCc3ccccc3)s2)cc1OC. The summed E-state index contributed by atoms with van der Waals surface area (Å²) in [6.07, 6.45) is 3.01. The van der Waals surface area contributed by atoms with Crippen molar-refractivity contribution >= 4 is 45.7 Å². The predicted molar refractivity (Wildman–Crippen MR) is 201 cm³/mol. The van der Waals surface area contributed by atoms with Gasteiger partial charge in [-0.2, -0.15) is 0 Å². The Morgan fingerprint density at radius 1 is 0.902 bits per heavy atom. The Morgan fingerprint density at radius 2 is 1.67 bits per heavy atom. The van der Waals surface area contributed by atoms with Gasteiger partial charge in [0.25, 0.3) is 5.78 Å². The fourth-order valence-corrected chi connectivity index (χ4v) is 7.55. The average Bonchev–Trinajstić information content (AvgIpc) is 3.73. The number of ether oxygens (including phenoxy) is 3. The molecule has 0 radical (unpaired) electrons. The summed E-state index contributed by atoms with van der Waals surface area (Å²) in [6.45, 7) is 5.07. The number of benzene rings is 4. The van der Waals surface area contributed by atoms with Crippen LogP contribution >= 0.6 is 23.1 Å². The highest BCUT2D eigenvalue weighted by Crippen LogP contribution is 2.45. The molecule has 4 aromatic carbocycles. The van der Waals surface area contributed by atoms with Gasteiger partial charge in [-0.05, 0) is 72.0 Å². The standard InChI is InChI=1S/C40H39N3O6S2/c1-4-5-11-22-48-32-21-18-29(23-33(32)47-3)35-34(36(44)28-16-19-31(20-17-28)49-24-30-15-10-9-12-26(30)2)37(45)38(46)43(35)39-41-42-40(51-39)50-25-27-13-7-6-8-14-27/h6-10,12-21,23,35,44H,4-5,11,22,24-25H2,1-3H3. The molecule has 0 spiro atoms. The molecule has 1 fully saturated rings. The molecule has 0 bridgehead atoms.